The maximum Gasteiger partial charge on any atom is 0.251 e. The van der Waals surface area contributed by atoms with Gasteiger partial charge in [-0.2, -0.15) is 0 Å². The Kier molecular flexibility index (Phi) is 22.9. The Labute approximate surface area is 462 Å². The topological polar surface area (TPSA) is 230 Å². The number of carbonyl (C=O) groups is 8. The molecular weight excluding hydrogens is 1000 g/mol. The Hall–Kier alpha value is -4.81. The van der Waals surface area contributed by atoms with Crippen LogP contribution in [-0.2, 0) is 28.8 Å². The SMILES string of the molecule is CN[C@@H](C)C(=O)N[C@H](C(=O)N1CCC[C@H]1C(=O)N[C@H](CNC(=O)c1cccc(C(=O)NC[C@@H](NC(=O)[C@@H]2CCCN2C(=O)[C@@H](NC(=O)[C@H](C)N(C)Cl)C2CCCCC2)C2CCCCC2)c1)C1CCCCC1)C1CCCCC1. The number of nitrogens with zero attached hydrogens (tertiary/aromatic N) is 3. The Bertz CT molecular complexity index is 2180. The van der Waals surface area contributed by atoms with Gasteiger partial charge in [-0.05, 0) is 152 Å². The van der Waals surface area contributed by atoms with Gasteiger partial charge in [-0.3, -0.25) is 38.4 Å². The lowest BCUT2D eigenvalue weighted by Gasteiger charge is -2.36. The van der Waals surface area contributed by atoms with E-state index in [1.165, 1.54) is 4.42 Å². The van der Waals surface area contributed by atoms with Gasteiger partial charge in [0.15, 0.2) is 0 Å². The summed E-state index contributed by atoms with van der Waals surface area (Å²) in [4.78, 5) is 115. The minimum absolute atomic E-state index is 0.00452. The molecule has 0 radical (unpaired) electrons. The summed E-state index contributed by atoms with van der Waals surface area (Å²) in [5.41, 5.74) is 0.577. The van der Waals surface area contributed by atoms with E-state index in [2.05, 4.69) is 37.2 Å². The Morgan fingerprint density at radius 2 is 0.909 bits per heavy atom. The number of carbonyl (C=O) groups excluding carboxylic acids is 8. The average Bonchev–Trinajstić information content (AvgIpc) is 4.18. The number of hydrogen-bond acceptors (Lipinski definition) is 10. The van der Waals surface area contributed by atoms with Crippen molar-refractivity contribution in [3.63, 3.8) is 0 Å². The van der Waals surface area contributed by atoms with Crippen LogP contribution in [0.15, 0.2) is 24.3 Å². The molecule has 77 heavy (non-hydrogen) atoms. The molecule has 6 fully saturated rings. The van der Waals surface area contributed by atoms with Gasteiger partial charge in [0.1, 0.15) is 30.2 Å². The molecule has 1 aromatic carbocycles. The van der Waals surface area contributed by atoms with Crippen molar-refractivity contribution in [3.05, 3.63) is 35.4 Å². The molecule has 2 saturated heterocycles. The van der Waals surface area contributed by atoms with Crippen LogP contribution >= 0.6 is 11.8 Å². The van der Waals surface area contributed by atoms with Gasteiger partial charge in [-0.25, -0.2) is 4.42 Å². The second kappa shape index (κ2) is 29.4. The minimum Gasteiger partial charge on any atom is -0.350 e. The quantitative estimate of drug-likeness (QED) is 0.0725. The van der Waals surface area contributed by atoms with Crippen molar-refractivity contribution in [1.82, 2.24) is 51.4 Å². The third-order valence-corrected chi connectivity index (χ3v) is 18.5. The van der Waals surface area contributed by atoms with E-state index in [1.54, 1.807) is 62.0 Å². The van der Waals surface area contributed by atoms with Crippen LogP contribution in [0, 0.1) is 23.7 Å². The summed E-state index contributed by atoms with van der Waals surface area (Å²) >= 11 is 6.15. The van der Waals surface area contributed by atoms with E-state index in [1.807, 2.05) is 0 Å². The van der Waals surface area contributed by atoms with Gasteiger partial charge in [-0.15, -0.1) is 0 Å². The van der Waals surface area contributed by atoms with Crippen molar-refractivity contribution in [2.75, 3.05) is 40.3 Å². The van der Waals surface area contributed by atoms with E-state index in [-0.39, 0.29) is 101 Å². The summed E-state index contributed by atoms with van der Waals surface area (Å²) in [5.74, 6) is -2.08. The van der Waals surface area contributed by atoms with Gasteiger partial charge in [0.05, 0.1) is 6.04 Å². The smallest absolute Gasteiger partial charge is 0.251 e. The lowest BCUT2D eigenvalue weighted by atomic mass is 9.83. The summed E-state index contributed by atoms with van der Waals surface area (Å²) in [7, 11) is 3.32. The predicted octanol–water partition coefficient (Wildman–Crippen LogP) is 5.47. The van der Waals surface area contributed by atoms with Crippen LogP contribution in [0.3, 0.4) is 0 Å². The highest BCUT2D eigenvalue weighted by Crippen LogP contribution is 2.33. The summed E-state index contributed by atoms with van der Waals surface area (Å²) in [6.07, 6.45) is 21.6. The van der Waals surface area contributed by atoms with Crippen LogP contribution in [0.1, 0.15) is 189 Å². The molecule has 19 heteroatoms. The molecule has 4 aliphatic carbocycles. The monoisotopic (exact) mass is 1090 g/mol. The van der Waals surface area contributed by atoms with Gasteiger partial charge < -0.3 is 47.0 Å². The van der Waals surface area contributed by atoms with Gasteiger partial charge in [-0.1, -0.05) is 83.1 Å². The summed E-state index contributed by atoms with van der Waals surface area (Å²) in [6, 6.07) is 1.79. The first kappa shape index (κ1) is 59.8. The third-order valence-electron chi connectivity index (χ3n) is 18.2. The molecule has 8 amide bonds. The van der Waals surface area contributed by atoms with E-state index >= 15 is 0 Å². The van der Waals surface area contributed by atoms with E-state index < -0.39 is 42.3 Å². The minimum atomic E-state index is -0.757. The van der Waals surface area contributed by atoms with Gasteiger partial charge >= 0.3 is 0 Å². The zero-order valence-electron chi connectivity index (χ0n) is 46.5. The maximum atomic E-state index is 14.5. The fraction of sp³-hybridized carbons (Fsp3) is 0.759. The molecule has 2 aliphatic heterocycles. The predicted molar refractivity (Wildman–Crippen MR) is 296 cm³/mol. The molecule has 0 spiro atoms. The normalized spacial score (nSPS) is 23.5. The van der Waals surface area contributed by atoms with E-state index in [9.17, 15) is 38.4 Å². The molecular formula is C58H91ClN10O8. The lowest BCUT2D eigenvalue weighted by molar-refractivity contribution is -0.143. The first-order valence-electron chi connectivity index (χ1n) is 29.7. The molecule has 2 heterocycles. The Morgan fingerprint density at radius 3 is 1.29 bits per heavy atom. The summed E-state index contributed by atoms with van der Waals surface area (Å²) in [5, 5.41) is 21.7. The highest BCUT2D eigenvalue weighted by atomic mass is 35.5. The average molecular weight is 1090 g/mol. The molecule has 7 rings (SSSR count). The summed E-state index contributed by atoms with van der Waals surface area (Å²) < 4.78 is 1.29. The molecule has 1 aromatic rings. The van der Waals surface area contributed by atoms with Crippen LogP contribution in [-0.4, -0.2) is 150 Å². The van der Waals surface area contributed by atoms with Crippen LogP contribution in [0.5, 0.6) is 0 Å². The Balaban J connectivity index is 0.975. The molecule has 0 aromatic heterocycles. The number of benzene rings is 1. The van der Waals surface area contributed by atoms with Crippen LogP contribution < -0.4 is 37.2 Å². The van der Waals surface area contributed by atoms with Crippen molar-refractivity contribution in [1.29, 1.82) is 0 Å². The number of amides is 8. The maximum absolute atomic E-state index is 14.5. The number of rotatable bonds is 22. The lowest BCUT2D eigenvalue weighted by Crippen LogP contribution is -2.59. The largest absolute Gasteiger partial charge is 0.350 e. The molecule has 8 atom stereocenters. The van der Waals surface area contributed by atoms with E-state index in [4.69, 9.17) is 11.8 Å². The standard InChI is InChI=1S/C58H91ClN10O8/c1-37(60-3)51(70)65-49(41-24-13-7-14-25-41)57(76)68-32-18-30-47(68)55(74)63-45(39-20-9-5-10-21-39)35-61-53(72)43-28-17-29-44(34-43)54(73)62-36-46(40-22-11-6-12-23-40)64-56(75)48-31-19-33-69(48)58(77)50(42-26-15-8-16-27-42)66-52(71)38(2)67(4)59/h17,28-29,34,37-42,45-50,60H,5-16,18-27,30-33,35-36H2,1-4H3,(H,61,72)(H,62,73)(H,63,74)(H,64,75)(H,65,70)(H,66,71)/t37-,38-,45+,46+,47-,48-,49-,50-/m0/s1. The number of likely N-dealkylation sites (N-methyl/N-ethyl adjacent to an activating group) is 2. The highest BCUT2D eigenvalue weighted by molar-refractivity contribution is 6.14. The molecule has 0 bridgehead atoms. The van der Waals surface area contributed by atoms with Crippen LogP contribution in [0.4, 0.5) is 0 Å². The number of nitrogens with one attached hydrogen (secondary N) is 7. The second-order valence-electron chi connectivity index (χ2n) is 23.4. The number of likely N-dealkylation sites (tertiary alicyclic amines) is 2. The fourth-order valence-corrected chi connectivity index (χ4v) is 13.3. The molecule has 18 nitrogen and oxygen atoms in total. The highest BCUT2D eigenvalue weighted by Gasteiger charge is 2.44. The van der Waals surface area contributed by atoms with Crippen molar-refractivity contribution < 1.29 is 38.4 Å². The first-order chi connectivity index (χ1) is 37.1. The Morgan fingerprint density at radius 1 is 0.532 bits per heavy atom. The van der Waals surface area contributed by atoms with Crippen molar-refractivity contribution in [3.8, 4) is 0 Å². The van der Waals surface area contributed by atoms with Crippen LogP contribution in [0.2, 0.25) is 0 Å². The van der Waals surface area contributed by atoms with Crippen molar-refractivity contribution in [2.45, 2.75) is 216 Å². The zero-order chi connectivity index (χ0) is 55.0. The first-order valence-corrected chi connectivity index (χ1v) is 30.0. The molecule has 6 aliphatic rings. The van der Waals surface area contributed by atoms with Gasteiger partial charge in [0.2, 0.25) is 35.4 Å². The van der Waals surface area contributed by atoms with Gasteiger partial charge in [0, 0.05) is 56.4 Å². The fourth-order valence-electron chi connectivity index (χ4n) is 13.2. The number of halogens is 1. The van der Waals surface area contributed by atoms with Gasteiger partial charge in [0.25, 0.3) is 11.8 Å². The van der Waals surface area contributed by atoms with Crippen LogP contribution in [0.25, 0.3) is 0 Å². The summed E-state index contributed by atoms with van der Waals surface area (Å²) in [6.45, 7) is 4.63. The molecule has 4 saturated carbocycles. The van der Waals surface area contributed by atoms with Crippen molar-refractivity contribution >= 4 is 59.0 Å². The number of hydrogen-bond donors (Lipinski definition) is 7. The zero-order valence-corrected chi connectivity index (χ0v) is 47.3. The van der Waals surface area contributed by atoms with E-state index in [0.29, 0.717) is 38.8 Å². The molecule has 7 N–H and O–H groups in total. The van der Waals surface area contributed by atoms with Crippen molar-refractivity contribution in [2.24, 2.45) is 23.7 Å². The molecule has 428 valence electrons. The third kappa shape index (κ3) is 16.2. The second-order valence-corrected chi connectivity index (χ2v) is 23.9. The molecule has 0 unspecified atom stereocenters. The van der Waals surface area contributed by atoms with E-state index in [0.717, 1.165) is 128 Å².